The average molecular weight is 281 g/mol. The number of nitrogens with two attached hydrogens (primary N) is 1. The van der Waals surface area contributed by atoms with Crippen LogP contribution in [0.2, 0.25) is 0 Å². The maximum absolute atomic E-state index is 11.9. The van der Waals surface area contributed by atoms with Crippen LogP contribution < -0.4 is 10.5 Å². The largest absolute Gasteiger partial charge is 0.327 e. The minimum absolute atomic E-state index is 0.138. The highest BCUT2D eigenvalue weighted by molar-refractivity contribution is 7.88. The third-order valence-corrected chi connectivity index (χ3v) is 3.96. The molecule has 0 spiro atoms. The lowest BCUT2D eigenvalue weighted by Gasteiger charge is -2.12. The fourth-order valence-electron chi connectivity index (χ4n) is 1.71. The molecule has 1 aromatic rings. The zero-order valence-electron chi connectivity index (χ0n) is 11.0. The Morgan fingerprint density at radius 3 is 2.84 bits per heavy atom. The monoisotopic (exact) mass is 281 g/mol. The first-order valence-electron chi connectivity index (χ1n) is 6.19. The van der Waals surface area contributed by atoms with E-state index in [0.717, 1.165) is 12.8 Å². The number of hydrogen-bond donors (Lipinski definition) is 2. The van der Waals surface area contributed by atoms with Crippen molar-refractivity contribution < 1.29 is 8.42 Å². The summed E-state index contributed by atoms with van der Waals surface area (Å²) in [7, 11) is -3.41. The van der Waals surface area contributed by atoms with Crippen molar-refractivity contribution in [3.8, 4) is 6.07 Å². The molecule has 0 aliphatic heterocycles. The Bertz CT molecular complexity index is 549. The van der Waals surface area contributed by atoms with Crippen molar-refractivity contribution in [2.75, 3.05) is 6.54 Å². The lowest BCUT2D eigenvalue weighted by atomic mass is 10.2. The number of sulfonamides is 1. The Labute approximate surface area is 114 Å². The van der Waals surface area contributed by atoms with E-state index in [1.165, 1.54) is 0 Å². The van der Waals surface area contributed by atoms with E-state index < -0.39 is 10.0 Å². The Hall–Kier alpha value is -1.42. The van der Waals surface area contributed by atoms with E-state index in [0.29, 0.717) is 11.1 Å². The normalized spacial score (nSPS) is 12.9. The van der Waals surface area contributed by atoms with Crippen LogP contribution in [0.4, 0.5) is 0 Å². The molecule has 0 saturated carbocycles. The Morgan fingerprint density at radius 2 is 2.21 bits per heavy atom. The molecule has 0 radical (unpaired) electrons. The van der Waals surface area contributed by atoms with Crippen LogP contribution in [0.3, 0.4) is 0 Å². The van der Waals surface area contributed by atoms with Crippen LogP contribution in [0.15, 0.2) is 24.3 Å². The summed E-state index contributed by atoms with van der Waals surface area (Å²) >= 11 is 0. The second-order valence-electron chi connectivity index (χ2n) is 4.47. The minimum Gasteiger partial charge on any atom is -0.327 e. The quantitative estimate of drug-likeness (QED) is 0.782. The third-order valence-electron chi connectivity index (χ3n) is 2.64. The van der Waals surface area contributed by atoms with Crippen molar-refractivity contribution >= 4 is 10.0 Å². The van der Waals surface area contributed by atoms with E-state index in [-0.39, 0.29) is 18.3 Å². The first-order valence-corrected chi connectivity index (χ1v) is 7.84. The van der Waals surface area contributed by atoms with Crippen LogP contribution in [-0.4, -0.2) is 21.0 Å². The van der Waals surface area contributed by atoms with Gasteiger partial charge >= 0.3 is 0 Å². The van der Waals surface area contributed by atoms with Gasteiger partial charge in [0.05, 0.1) is 17.4 Å². The molecule has 0 aromatic heterocycles. The number of rotatable bonds is 7. The molecule has 0 fully saturated rings. The molecule has 0 aliphatic rings. The zero-order valence-corrected chi connectivity index (χ0v) is 11.8. The summed E-state index contributed by atoms with van der Waals surface area (Å²) in [6.07, 6.45) is 1.71. The summed E-state index contributed by atoms with van der Waals surface area (Å²) in [4.78, 5) is 0. The van der Waals surface area contributed by atoms with Gasteiger partial charge in [-0.2, -0.15) is 5.26 Å². The van der Waals surface area contributed by atoms with Crippen molar-refractivity contribution in [1.29, 1.82) is 5.26 Å². The summed E-state index contributed by atoms with van der Waals surface area (Å²) in [5.41, 5.74) is 6.81. The summed E-state index contributed by atoms with van der Waals surface area (Å²) < 4.78 is 26.2. The first-order chi connectivity index (χ1) is 8.96. The standard InChI is InChI=1S/C13H19N3O2S/c1-2-4-13(15)9-16-19(17,18)10-12-6-3-5-11(7-12)8-14/h3,5-7,13,16H,2,4,9-10,15H2,1H3/t13-/m0/s1. The molecule has 1 rings (SSSR count). The van der Waals surface area contributed by atoms with Crippen LogP contribution >= 0.6 is 0 Å². The van der Waals surface area contributed by atoms with E-state index in [1.54, 1.807) is 24.3 Å². The topological polar surface area (TPSA) is 96.0 Å². The summed E-state index contributed by atoms with van der Waals surface area (Å²) in [6.45, 7) is 2.25. The number of nitrogens with zero attached hydrogens (tertiary/aromatic N) is 1. The van der Waals surface area contributed by atoms with Crippen molar-refractivity contribution in [2.45, 2.75) is 31.6 Å². The number of nitrogens with one attached hydrogen (secondary N) is 1. The van der Waals surface area contributed by atoms with Gasteiger partial charge < -0.3 is 5.73 Å². The summed E-state index contributed by atoms with van der Waals surface area (Å²) in [6, 6.07) is 8.40. The van der Waals surface area contributed by atoms with E-state index in [2.05, 4.69) is 4.72 Å². The van der Waals surface area contributed by atoms with Crippen LogP contribution in [0.1, 0.15) is 30.9 Å². The molecular weight excluding hydrogens is 262 g/mol. The molecule has 6 heteroatoms. The maximum atomic E-state index is 11.9. The predicted molar refractivity (Wildman–Crippen MR) is 74.7 cm³/mol. The average Bonchev–Trinajstić information content (AvgIpc) is 2.37. The predicted octanol–water partition coefficient (Wildman–Crippen LogP) is 1.11. The fraction of sp³-hybridized carbons (Fsp3) is 0.462. The Kier molecular flexibility index (Phi) is 5.96. The second-order valence-corrected chi connectivity index (χ2v) is 6.28. The maximum Gasteiger partial charge on any atom is 0.215 e. The molecule has 0 heterocycles. The van der Waals surface area contributed by atoms with Gasteiger partial charge in [0.2, 0.25) is 10.0 Å². The zero-order chi connectivity index (χ0) is 14.3. The lowest BCUT2D eigenvalue weighted by Crippen LogP contribution is -2.37. The molecule has 0 bridgehead atoms. The lowest BCUT2D eigenvalue weighted by molar-refractivity contribution is 0.552. The first kappa shape index (κ1) is 15.6. The van der Waals surface area contributed by atoms with E-state index in [4.69, 9.17) is 11.0 Å². The third kappa shape index (κ3) is 5.83. The van der Waals surface area contributed by atoms with Gasteiger partial charge in [0, 0.05) is 12.6 Å². The Balaban J connectivity index is 2.61. The molecule has 104 valence electrons. The molecule has 0 amide bonds. The van der Waals surface area contributed by atoms with Crippen molar-refractivity contribution in [3.63, 3.8) is 0 Å². The van der Waals surface area contributed by atoms with Crippen molar-refractivity contribution in [2.24, 2.45) is 5.73 Å². The highest BCUT2D eigenvalue weighted by atomic mass is 32.2. The molecule has 1 atom stereocenters. The molecular formula is C13H19N3O2S. The summed E-state index contributed by atoms with van der Waals surface area (Å²) in [5.74, 6) is -0.138. The molecule has 0 saturated heterocycles. The minimum atomic E-state index is -3.41. The van der Waals surface area contributed by atoms with Gasteiger partial charge in [-0.15, -0.1) is 0 Å². The number of hydrogen-bond acceptors (Lipinski definition) is 4. The van der Waals surface area contributed by atoms with Crippen LogP contribution in [-0.2, 0) is 15.8 Å². The van der Waals surface area contributed by atoms with E-state index in [9.17, 15) is 8.42 Å². The SMILES string of the molecule is CCC[C@H](N)CNS(=O)(=O)Cc1cccc(C#N)c1. The molecule has 5 nitrogen and oxygen atoms in total. The molecule has 0 aliphatic carbocycles. The Morgan fingerprint density at radius 1 is 1.47 bits per heavy atom. The molecule has 19 heavy (non-hydrogen) atoms. The molecule has 3 N–H and O–H groups in total. The van der Waals surface area contributed by atoms with Gasteiger partial charge in [-0.1, -0.05) is 25.5 Å². The van der Waals surface area contributed by atoms with Crippen molar-refractivity contribution in [3.05, 3.63) is 35.4 Å². The van der Waals surface area contributed by atoms with Gasteiger partial charge in [0.25, 0.3) is 0 Å². The molecule has 1 aromatic carbocycles. The van der Waals surface area contributed by atoms with Gasteiger partial charge in [-0.3, -0.25) is 0 Å². The van der Waals surface area contributed by atoms with Crippen molar-refractivity contribution in [1.82, 2.24) is 4.72 Å². The van der Waals surface area contributed by atoms with Crippen LogP contribution in [0.5, 0.6) is 0 Å². The van der Waals surface area contributed by atoms with Gasteiger partial charge in [-0.25, -0.2) is 13.1 Å². The smallest absolute Gasteiger partial charge is 0.215 e. The fourth-order valence-corrected chi connectivity index (χ4v) is 2.90. The number of nitriles is 1. The van der Waals surface area contributed by atoms with Crippen LogP contribution in [0, 0.1) is 11.3 Å². The second kappa shape index (κ2) is 7.24. The van der Waals surface area contributed by atoms with Gasteiger partial charge in [0.1, 0.15) is 0 Å². The highest BCUT2D eigenvalue weighted by Gasteiger charge is 2.13. The van der Waals surface area contributed by atoms with E-state index in [1.807, 2.05) is 13.0 Å². The molecule has 0 unspecified atom stereocenters. The van der Waals surface area contributed by atoms with Gasteiger partial charge in [-0.05, 0) is 24.1 Å². The van der Waals surface area contributed by atoms with Gasteiger partial charge in [0.15, 0.2) is 0 Å². The van der Waals surface area contributed by atoms with E-state index >= 15 is 0 Å². The van der Waals surface area contributed by atoms with Crippen LogP contribution in [0.25, 0.3) is 0 Å². The highest BCUT2D eigenvalue weighted by Crippen LogP contribution is 2.08. The summed E-state index contributed by atoms with van der Waals surface area (Å²) in [5, 5.41) is 8.76. The number of benzene rings is 1.